The lowest BCUT2D eigenvalue weighted by molar-refractivity contribution is -0.133. The van der Waals surface area contributed by atoms with Gasteiger partial charge in [-0.25, -0.2) is 17.6 Å². The minimum Gasteiger partial charge on any atom is -0.478 e. The van der Waals surface area contributed by atoms with Crippen molar-refractivity contribution < 1.29 is 22.7 Å². The van der Waals surface area contributed by atoms with E-state index < -0.39 is 33.9 Å². The first-order valence-corrected chi connectivity index (χ1v) is 12.1. The van der Waals surface area contributed by atoms with Crippen molar-refractivity contribution in [3.8, 4) is 0 Å². The van der Waals surface area contributed by atoms with Crippen LogP contribution in [-0.4, -0.2) is 23.8 Å². The Bertz CT molecular complexity index is 1330. The molecule has 0 amide bonds. The lowest BCUT2D eigenvalue weighted by Gasteiger charge is -2.40. The van der Waals surface area contributed by atoms with E-state index in [4.69, 9.17) is 23.2 Å². The van der Waals surface area contributed by atoms with Crippen molar-refractivity contribution in [3.63, 3.8) is 0 Å². The number of rotatable bonds is 5. The van der Waals surface area contributed by atoms with Crippen molar-refractivity contribution in [1.29, 1.82) is 0 Å². The van der Waals surface area contributed by atoms with Crippen LogP contribution in [0.5, 0.6) is 0 Å². The van der Waals surface area contributed by atoms with Crippen LogP contribution >= 0.6 is 23.2 Å². The molecular formula is C24H18Cl2FNO4S. The number of carbonyl (C=O) groups is 1. The molecule has 9 heteroatoms. The van der Waals surface area contributed by atoms with Crippen molar-refractivity contribution in [3.05, 3.63) is 111 Å². The molecule has 0 unspecified atom stereocenters. The highest BCUT2D eigenvalue weighted by atomic mass is 35.5. The van der Waals surface area contributed by atoms with E-state index in [-0.39, 0.29) is 22.5 Å². The molecule has 2 atom stereocenters. The summed E-state index contributed by atoms with van der Waals surface area (Å²) in [5.74, 6) is -1.88. The molecule has 0 saturated heterocycles. The molecule has 170 valence electrons. The lowest BCUT2D eigenvalue weighted by Crippen LogP contribution is -2.42. The second-order valence-electron chi connectivity index (χ2n) is 7.51. The van der Waals surface area contributed by atoms with Crippen LogP contribution in [-0.2, 0) is 14.8 Å². The quantitative estimate of drug-likeness (QED) is 0.459. The largest absolute Gasteiger partial charge is 0.478 e. The Morgan fingerprint density at radius 3 is 2.12 bits per heavy atom. The predicted molar refractivity (Wildman–Crippen MR) is 124 cm³/mol. The van der Waals surface area contributed by atoms with E-state index in [1.165, 1.54) is 48.5 Å². The monoisotopic (exact) mass is 505 g/mol. The third-order valence-corrected chi connectivity index (χ3v) is 7.86. The molecule has 5 nitrogen and oxygen atoms in total. The molecule has 3 aromatic rings. The van der Waals surface area contributed by atoms with Gasteiger partial charge in [0.25, 0.3) is 0 Å². The molecule has 3 aromatic carbocycles. The van der Waals surface area contributed by atoms with E-state index in [1.54, 1.807) is 24.3 Å². The highest BCUT2D eigenvalue weighted by molar-refractivity contribution is 7.89. The molecule has 0 aromatic heterocycles. The molecule has 0 saturated carbocycles. The molecule has 1 aliphatic heterocycles. The second kappa shape index (κ2) is 9.27. The van der Waals surface area contributed by atoms with E-state index in [9.17, 15) is 22.7 Å². The summed E-state index contributed by atoms with van der Waals surface area (Å²) >= 11 is 12.0. The Kier molecular flexibility index (Phi) is 6.59. The van der Waals surface area contributed by atoms with E-state index >= 15 is 0 Å². The Hall–Kier alpha value is -2.71. The summed E-state index contributed by atoms with van der Waals surface area (Å²) in [5.41, 5.74) is 0.683. The van der Waals surface area contributed by atoms with E-state index in [2.05, 4.69) is 0 Å². The fourth-order valence-electron chi connectivity index (χ4n) is 3.98. The number of carboxylic acids is 1. The molecule has 0 aliphatic carbocycles. The highest BCUT2D eigenvalue weighted by Crippen LogP contribution is 2.45. The minimum atomic E-state index is -4.25. The number of sulfonamides is 1. The maximum absolute atomic E-state index is 14.1. The van der Waals surface area contributed by atoms with Crippen LogP contribution in [0.2, 0.25) is 10.0 Å². The molecule has 4 rings (SSSR count). The summed E-state index contributed by atoms with van der Waals surface area (Å²) in [6, 6.07) is 15.6. The maximum Gasteiger partial charge on any atom is 0.333 e. The summed E-state index contributed by atoms with van der Waals surface area (Å²) in [6.45, 7) is 0. The van der Waals surface area contributed by atoms with Gasteiger partial charge in [-0.05, 0) is 66.1 Å². The summed E-state index contributed by atoms with van der Waals surface area (Å²) in [4.78, 5) is 12.1. The minimum absolute atomic E-state index is 0.0566. The fourth-order valence-corrected chi connectivity index (χ4v) is 6.01. The van der Waals surface area contributed by atoms with Gasteiger partial charge >= 0.3 is 5.97 Å². The first kappa shape index (κ1) is 23.4. The Labute approximate surface area is 200 Å². The van der Waals surface area contributed by atoms with Crippen molar-refractivity contribution in [2.45, 2.75) is 23.4 Å². The number of benzene rings is 3. The van der Waals surface area contributed by atoms with Gasteiger partial charge < -0.3 is 5.11 Å². The van der Waals surface area contributed by atoms with Crippen LogP contribution in [0.1, 0.15) is 29.6 Å². The standard InChI is InChI=1S/C24H18Cl2FNO4S/c25-17-6-4-15(5-7-17)22-13-12-21(24(29)30)23(16-2-1-3-19(27)14-16)28(22)33(31,32)20-10-8-18(26)9-11-20/h1-12,14,22-23H,13H2,(H,29,30)/t22-,23-/m0/s1. The maximum atomic E-state index is 14.1. The fraction of sp³-hybridized carbons (Fsp3) is 0.125. The van der Waals surface area contributed by atoms with Gasteiger partial charge in [0.15, 0.2) is 0 Å². The Morgan fingerprint density at radius 2 is 1.55 bits per heavy atom. The van der Waals surface area contributed by atoms with Gasteiger partial charge in [0.1, 0.15) is 5.82 Å². The van der Waals surface area contributed by atoms with Crippen LogP contribution in [0.3, 0.4) is 0 Å². The molecule has 0 spiro atoms. The predicted octanol–water partition coefficient (Wildman–Crippen LogP) is 6.02. The SMILES string of the molecule is O=C(O)C1=CC[C@@H](c2ccc(Cl)cc2)N(S(=O)(=O)c2ccc(Cl)cc2)[C@H]1c1cccc(F)c1. The number of hydrogen-bond donors (Lipinski definition) is 1. The molecule has 0 fully saturated rings. The van der Waals surface area contributed by atoms with E-state index in [1.807, 2.05) is 0 Å². The zero-order valence-electron chi connectivity index (χ0n) is 17.0. The van der Waals surface area contributed by atoms with Gasteiger partial charge in [0.05, 0.1) is 22.6 Å². The van der Waals surface area contributed by atoms with Crippen molar-refractivity contribution >= 4 is 39.2 Å². The molecule has 0 bridgehead atoms. The second-order valence-corrected chi connectivity index (χ2v) is 10.2. The van der Waals surface area contributed by atoms with Crippen molar-refractivity contribution in [2.75, 3.05) is 0 Å². The number of carboxylic acid groups (broad SMARTS) is 1. The topological polar surface area (TPSA) is 74.7 Å². The third kappa shape index (κ3) is 4.68. The van der Waals surface area contributed by atoms with Gasteiger partial charge in [-0.15, -0.1) is 0 Å². The highest BCUT2D eigenvalue weighted by Gasteiger charge is 2.44. The average molecular weight is 506 g/mol. The van der Waals surface area contributed by atoms with Gasteiger partial charge in [-0.3, -0.25) is 0 Å². The van der Waals surface area contributed by atoms with Crippen LogP contribution in [0.15, 0.2) is 89.3 Å². The van der Waals surface area contributed by atoms with Crippen LogP contribution in [0.4, 0.5) is 4.39 Å². The summed E-state index contributed by atoms with van der Waals surface area (Å²) in [6.07, 6.45) is 1.60. The molecule has 1 N–H and O–H groups in total. The van der Waals surface area contributed by atoms with Gasteiger partial charge in [0, 0.05) is 10.0 Å². The normalized spacial score (nSPS) is 19.2. The zero-order valence-corrected chi connectivity index (χ0v) is 19.4. The van der Waals surface area contributed by atoms with Gasteiger partial charge in [0.2, 0.25) is 10.0 Å². The van der Waals surface area contributed by atoms with Gasteiger partial charge in [-0.1, -0.05) is 53.5 Å². The van der Waals surface area contributed by atoms with Crippen molar-refractivity contribution in [1.82, 2.24) is 4.31 Å². The van der Waals surface area contributed by atoms with E-state index in [0.717, 1.165) is 10.4 Å². The summed E-state index contributed by atoms with van der Waals surface area (Å²) in [7, 11) is -4.25. The third-order valence-electron chi connectivity index (χ3n) is 5.47. The zero-order chi connectivity index (χ0) is 23.8. The molecular weight excluding hydrogens is 488 g/mol. The number of nitrogens with zero attached hydrogens (tertiary/aromatic N) is 1. The molecule has 1 aliphatic rings. The van der Waals surface area contributed by atoms with Gasteiger partial charge in [-0.2, -0.15) is 4.31 Å². The molecule has 1 heterocycles. The Balaban J connectivity index is 1.97. The average Bonchev–Trinajstić information content (AvgIpc) is 2.79. The number of halogens is 3. The number of aliphatic carboxylic acids is 1. The smallest absolute Gasteiger partial charge is 0.333 e. The van der Waals surface area contributed by atoms with Crippen molar-refractivity contribution in [2.24, 2.45) is 0 Å². The molecule has 0 radical (unpaired) electrons. The lowest BCUT2D eigenvalue weighted by atomic mass is 9.89. The van der Waals surface area contributed by atoms with Crippen LogP contribution < -0.4 is 0 Å². The molecule has 33 heavy (non-hydrogen) atoms. The van der Waals surface area contributed by atoms with Crippen LogP contribution in [0.25, 0.3) is 0 Å². The summed E-state index contributed by atoms with van der Waals surface area (Å²) in [5, 5.41) is 10.7. The number of hydrogen-bond acceptors (Lipinski definition) is 3. The van der Waals surface area contributed by atoms with E-state index in [0.29, 0.717) is 15.6 Å². The summed E-state index contributed by atoms with van der Waals surface area (Å²) < 4.78 is 43.1. The Morgan fingerprint density at radius 1 is 0.939 bits per heavy atom. The first-order chi connectivity index (χ1) is 15.7. The van der Waals surface area contributed by atoms with Crippen LogP contribution in [0, 0.1) is 5.82 Å². The first-order valence-electron chi connectivity index (χ1n) is 9.92.